The lowest BCUT2D eigenvalue weighted by molar-refractivity contribution is -0.118. The van der Waals surface area contributed by atoms with Crippen LogP contribution in [0.2, 0.25) is 0 Å². The average Bonchev–Trinajstić information content (AvgIpc) is 2.79. The Morgan fingerprint density at radius 1 is 0.969 bits per heavy atom. The summed E-state index contributed by atoms with van der Waals surface area (Å²) in [5.41, 5.74) is 3.23. The predicted molar refractivity (Wildman–Crippen MR) is 128 cm³/mol. The van der Waals surface area contributed by atoms with E-state index < -0.39 is 16.1 Å². The normalized spacial score (nSPS) is 18.2. The first-order chi connectivity index (χ1) is 15.3. The first-order valence-electron chi connectivity index (χ1n) is 10.9. The zero-order chi connectivity index (χ0) is 22.9. The number of hydrogen-bond acceptors (Lipinski definition) is 3. The number of para-hydroxylation sites is 2. The van der Waals surface area contributed by atoms with Crippen LogP contribution in [0.4, 0.5) is 11.4 Å². The Kier molecular flexibility index (Phi) is 6.07. The lowest BCUT2D eigenvalue weighted by atomic mass is 9.91. The number of carbonyl (C=O) groups excluding carboxylic acids is 1. The molecule has 6 heteroatoms. The summed E-state index contributed by atoms with van der Waals surface area (Å²) in [4.78, 5) is 14.8. The molecule has 4 rings (SSSR count). The van der Waals surface area contributed by atoms with Crippen molar-refractivity contribution in [3.8, 4) is 0 Å². The van der Waals surface area contributed by atoms with Gasteiger partial charge in [-0.15, -0.1) is 0 Å². The number of hydrogen-bond donors (Lipinski definition) is 0. The van der Waals surface area contributed by atoms with E-state index in [9.17, 15) is 13.2 Å². The molecule has 0 saturated carbocycles. The molecule has 0 bridgehead atoms. The van der Waals surface area contributed by atoms with Crippen LogP contribution < -0.4 is 9.21 Å². The van der Waals surface area contributed by atoms with Crippen molar-refractivity contribution in [3.05, 3.63) is 90.0 Å². The predicted octanol–water partition coefficient (Wildman–Crippen LogP) is 5.47. The summed E-state index contributed by atoms with van der Waals surface area (Å²) >= 11 is 0. The molecule has 0 saturated heterocycles. The lowest BCUT2D eigenvalue weighted by Gasteiger charge is -2.43. The largest absolute Gasteiger partial charge is 0.309 e. The fourth-order valence-corrected chi connectivity index (χ4v) is 6.08. The van der Waals surface area contributed by atoms with E-state index in [4.69, 9.17) is 0 Å². The molecule has 3 aromatic rings. The minimum atomic E-state index is -3.85. The van der Waals surface area contributed by atoms with Gasteiger partial charge in [-0.25, -0.2) is 8.42 Å². The van der Waals surface area contributed by atoms with Crippen molar-refractivity contribution >= 4 is 27.3 Å². The molecule has 166 valence electrons. The highest BCUT2D eigenvalue weighted by Gasteiger charge is 2.40. The van der Waals surface area contributed by atoms with Gasteiger partial charge in [0.05, 0.1) is 16.6 Å². The highest BCUT2D eigenvalue weighted by atomic mass is 32.2. The molecule has 0 unspecified atom stereocenters. The molecule has 0 aromatic heterocycles. The van der Waals surface area contributed by atoms with Gasteiger partial charge in [-0.05, 0) is 56.2 Å². The number of fused-ring (bicyclic) bond motifs is 1. The minimum Gasteiger partial charge on any atom is -0.309 e. The molecule has 0 fully saturated rings. The molecule has 1 aliphatic rings. The lowest BCUT2D eigenvalue weighted by Crippen LogP contribution is -2.47. The summed E-state index contributed by atoms with van der Waals surface area (Å²) in [5.74, 6) is 0.0380. The molecule has 5 nitrogen and oxygen atoms in total. The molecule has 3 aromatic carbocycles. The van der Waals surface area contributed by atoms with Gasteiger partial charge in [0.25, 0.3) is 10.0 Å². The summed E-state index contributed by atoms with van der Waals surface area (Å²) in [6.45, 7) is 5.77. The third-order valence-corrected chi connectivity index (χ3v) is 7.85. The van der Waals surface area contributed by atoms with E-state index in [1.54, 1.807) is 12.1 Å². The van der Waals surface area contributed by atoms with E-state index in [-0.39, 0.29) is 16.8 Å². The van der Waals surface area contributed by atoms with Crippen LogP contribution in [0.1, 0.15) is 43.9 Å². The first kappa shape index (κ1) is 22.1. The second kappa shape index (κ2) is 8.79. The molecule has 1 aliphatic heterocycles. The van der Waals surface area contributed by atoms with Crippen LogP contribution in [-0.2, 0) is 14.8 Å². The highest BCUT2D eigenvalue weighted by molar-refractivity contribution is 7.92. The number of carbonyl (C=O) groups is 1. The van der Waals surface area contributed by atoms with Crippen molar-refractivity contribution in [1.29, 1.82) is 0 Å². The van der Waals surface area contributed by atoms with Crippen LogP contribution in [0, 0.1) is 6.92 Å². The molecule has 0 N–H and O–H groups in total. The van der Waals surface area contributed by atoms with Crippen LogP contribution in [-0.4, -0.2) is 20.4 Å². The minimum absolute atomic E-state index is 0.0380. The third-order valence-electron chi connectivity index (χ3n) is 6.00. The summed E-state index contributed by atoms with van der Waals surface area (Å²) in [6.07, 6.45) is 0.899. The number of aryl methyl sites for hydroxylation is 1. The Balaban J connectivity index is 1.91. The van der Waals surface area contributed by atoms with Crippen molar-refractivity contribution in [2.24, 2.45) is 0 Å². The van der Waals surface area contributed by atoms with Crippen LogP contribution in [0.15, 0.2) is 83.8 Å². The van der Waals surface area contributed by atoms with E-state index in [0.29, 0.717) is 18.5 Å². The van der Waals surface area contributed by atoms with Crippen LogP contribution in [0.25, 0.3) is 0 Å². The fourth-order valence-electron chi connectivity index (χ4n) is 4.44. The van der Waals surface area contributed by atoms with Crippen LogP contribution in [0.3, 0.4) is 0 Å². The Morgan fingerprint density at radius 3 is 2.25 bits per heavy atom. The molecule has 1 heterocycles. The van der Waals surface area contributed by atoms with Crippen molar-refractivity contribution < 1.29 is 13.2 Å². The molecule has 32 heavy (non-hydrogen) atoms. The summed E-state index contributed by atoms with van der Waals surface area (Å²) in [7, 11) is -3.85. The number of sulfonamides is 1. The first-order valence-corrected chi connectivity index (χ1v) is 12.4. The van der Waals surface area contributed by atoms with Gasteiger partial charge in [-0.1, -0.05) is 61.0 Å². The molecule has 0 aliphatic carbocycles. The maximum absolute atomic E-state index is 14.0. The second-order valence-corrected chi connectivity index (χ2v) is 10.0. The van der Waals surface area contributed by atoms with Gasteiger partial charge in [-0.3, -0.25) is 9.10 Å². The van der Waals surface area contributed by atoms with E-state index in [1.807, 2.05) is 92.4 Å². The molecular weight excluding hydrogens is 420 g/mol. The second-order valence-electron chi connectivity index (χ2n) is 8.23. The number of benzene rings is 3. The maximum atomic E-state index is 14.0. The Bertz CT molecular complexity index is 1210. The monoisotopic (exact) mass is 448 g/mol. The molecule has 0 radical (unpaired) electrons. The van der Waals surface area contributed by atoms with Gasteiger partial charge in [0.15, 0.2) is 0 Å². The molecule has 0 spiro atoms. The zero-order valence-corrected chi connectivity index (χ0v) is 19.4. The number of amides is 1. The Labute approximate surface area is 190 Å². The number of rotatable bonds is 5. The van der Waals surface area contributed by atoms with Crippen molar-refractivity contribution in [2.45, 2.75) is 50.6 Å². The van der Waals surface area contributed by atoms with Crippen molar-refractivity contribution in [2.75, 3.05) is 9.21 Å². The summed E-state index contributed by atoms with van der Waals surface area (Å²) < 4.78 is 29.5. The Morgan fingerprint density at radius 2 is 1.59 bits per heavy atom. The standard InChI is InChI=1S/C26H28N2O3S/c1-4-26(29)27-20(3)18-25(23-12-8-9-13-24(23)27)28(21-10-6-5-7-11-21)32(30,31)22-16-14-19(2)15-17-22/h5-17,20,25H,4,18H2,1-3H3/t20-,25+/m1/s1. The topological polar surface area (TPSA) is 57.7 Å². The van der Waals surface area contributed by atoms with Crippen LogP contribution in [0.5, 0.6) is 0 Å². The SMILES string of the molecule is CCC(=O)N1c2ccccc2[C@@H](N(c2ccccc2)S(=O)(=O)c2ccc(C)cc2)C[C@H]1C. The smallest absolute Gasteiger partial charge is 0.264 e. The van der Waals surface area contributed by atoms with Gasteiger partial charge in [-0.2, -0.15) is 0 Å². The van der Waals surface area contributed by atoms with E-state index in [2.05, 4.69) is 0 Å². The molecule has 1 amide bonds. The van der Waals surface area contributed by atoms with Gasteiger partial charge in [0, 0.05) is 18.2 Å². The van der Waals surface area contributed by atoms with Gasteiger partial charge >= 0.3 is 0 Å². The van der Waals surface area contributed by atoms with Crippen molar-refractivity contribution in [1.82, 2.24) is 0 Å². The summed E-state index contributed by atoms with van der Waals surface area (Å²) in [6, 6.07) is 23.2. The third kappa shape index (κ3) is 3.91. The van der Waals surface area contributed by atoms with E-state index in [1.165, 1.54) is 4.31 Å². The Hall–Kier alpha value is -3.12. The van der Waals surface area contributed by atoms with Crippen molar-refractivity contribution in [3.63, 3.8) is 0 Å². The van der Waals surface area contributed by atoms with E-state index >= 15 is 0 Å². The van der Waals surface area contributed by atoms with Gasteiger partial charge < -0.3 is 4.90 Å². The van der Waals surface area contributed by atoms with Gasteiger partial charge in [0.2, 0.25) is 5.91 Å². The quantitative estimate of drug-likeness (QED) is 0.520. The highest BCUT2D eigenvalue weighted by Crippen LogP contribution is 2.44. The van der Waals surface area contributed by atoms with Crippen LogP contribution >= 0.6 is 0 Å². The number of anilines is 2. The average molecular weight is 449 g/mol. The molecule has 2 atom stereocenters. The van der Waals surface area contributed by atoms with E-state index in [0.717, 1.165) is 16.8 Å². The zero-order valence-electron chi connectivity index (χ0n) is 18.6. The van der Waals surface area contributed by atoms with Gasteiger partial charge in [0.1, 0.15) is 0 Å². The fraction of sp³-hybridized carbons (Fsp3) is 0.269. The summed E-state index contributed by atoms with van der Waals surface area (Å²) in [5, 5.41) is 0. The number of nitrogens with zero attached hydrogens (tertiary/aromatic N) is 2. The maximum Gasteiger partial charge on any atom is 0.264 e. The molecular formula is C26H28N2O3S.